The average Bonchev–Trinajstić information content (AvgIpc) is 2.75. The van der Waals surface area contributed by atoms with Crippen molar-refractivity contribution in [2.75, 3.05) is 5.32 Å². The normalized spacial score (nSPS) is 12.0. The molecular formula is C23H19ClN4O2S. The number of para-hydroxylation sites is 1. The highest BCUT2D eigenvalue weighted by atomic mass is 35.5. The summed E-state index contributed by atoms with van der Waals surface area (Å²) >= 11 is 7.20. The highest BCUT2D eigenvalue weighted by molar-refractivity contribution is 8.00. The van der Waals surface area contributed by atoms with Crippen LogP contribution < -0.4 is 10.9 Å². The third kappa shape index (κ3) is 4.62. The number of nitrogens with zero attached hydrogens (tertiary/aromatic N) is 3. The molecule has 2 aromatic carbocycles. The van der Waals surface area contributed by atoms with E-state index in [9.17, 15) is 9.59 Å². The standard InChI is InChI=1S/C23H19ClN4O2S/c1-14-10-11-20(25-13-14)28-22(30)18-8-3-4-9-19(18)27-23(28)31-15(2)21(29)26-17-7-5-6-16(24)12-17/h3-13,15H,1-2H3,(H,26,29). The van der Waals surface area contributed by atoms with Gasteiger partial charge < -0.3 is 5.32 Å². The fourth-order valence-electron chi connectivity index (χ4n) is 3.01. The van der Waals surface area contributed by atoms with Crippen molar-refractivity contribution < 1.29 is 4.79 Å². The van der Waals surface area contributed by atoms with Gasteiger partial charge in [0.1, 0.15) is 5.82 Å². The summed E-state index contributed by atoms with van der Waals surface area (Å²) < 4.78 is 1.45. The Kier molecular flexibility index (Phi) is 6.06. The number of rotatable bonds is 5. The maximum atomic E-state index is 13.3. The van der Waals surface area contributed by atoms with Gasteiger partial charge in [-0.1, -0.05) is 47.6 Å². The first-order chi connectivity index (χ1) is 14.9. The van der Waals surface area contributed by atoms with Crippen molar-refractivity contribution in [2.45, 2.75) is 24.3 Å². The summed E-state index contributed by atoms with van der Waals surface area (Å²) in [5, 5.41) is 3.75. The molecule has 0 aliphatic heterocycles. The third-order valence-electron chi connectivity index (χ3n) is 4.61. The van der Waals surface area contributed by atoms with E-state index < -0.39 is 5.25 Å². The third-order valence-corrected chi connectivity index (χ3v) is 5.90. The predicted octanol–water partition coefficient (Wildman–Crippen LogP) is 4.86. The number of fused-ring (bicyclic) bond motifs is 1. The Morgan fingerprint density at radius 1 is 1.13 bits per heavy atom. The number of hydrogen-bond donors (Lipinski definition) is 1. The quantitative estimate of drug-likeness (QED) is 0.347. The number of benzene rings is 2. The van der Waals surface area contributed by atoms with Gasteiger partial charge in [0.2, 0.25) is 5.91 Å². The molecule has 0 fully saturated rings. The van der Waals surface area contributed by atoms with Crippen molar-refractivity contribution in [1.82, 2.24) is 14.5 Å². The molecule has 0 aliphatic carbocycles. The Bertz CT molecular complexity index is 1320. The molecule has 4 aromatic rings. The van der Waals surface area contributed by atoms with E-state index in [0.717, 1.165) is 5.56 Å². The summed E-state index contributed by atoms with van der Waals surface area (Å²) in [7, 11) is 0. The van der Waals surface area contributed by atoms with Gasteiger partial charge in [0, 0.05) is 16.9 Å². The van der Waals surface area contributed by atoms with Crippen LogP contribution in [0.5, 0.6) is 0 Å². The summed E-state index contributed by atoms with van der Waals surface area (Å²) in [6.07, 6.45) is 1.70. The average molecular weight is 451 g/mol. The van der Waals surface area contributed by atoms with E-state index >= 15 is 0 Å². The van der Waals surface area contributed by atoms with Crippen LogP contribution in [0.25, 0.3) is 16.7 Å². The van der Waals surface area contributed by atoms with E-state index in [1.807, 2.05) is 19.1 Å². The molecule has 4 rings (SSSR count). The van der Waals surface area contributed by atoms with Gasteiger partial charge in [0.25, 0.3) is 5.56 Å². The van der Waals surface area contributed by atoms with Crippen molar-refractivity contribution >= 4 is 45.9 Å². The number of amides is 1. The highest BCUT2D eigenvalue weighted by Gasteiger charge is 2.21. The van der Waals surface area contributed by atoms with Gasteiger partial charge in [-0.2, -0.15) is 0 Å². The molecule has 0 spiro atoms. The van der Waals surface area contributed by atoms with Crippen molar-refractivity contribution in [2.24, 2.45) is 0 Å². The Morgan fingerprint density at radius 2 is 1.94 bits per heavy atom. The second-order valence-electron chi connectivity index (χ2n) is 7.01. The number of anilines is 1. The number of halogens is 1. The van der Waals surface area contributed by atoms with Gasteiger partial charge in [-0.05, 0) is 55.8 Å². The topological polar surface area (TPSA) is 76.9 Å². The Hall–Kier alpha value is -3.16. The molecule has 8 heteroatoms. The molecule has 2 aromatic heterocycles. The molecule has 0 radical (unpaired) electrons. The lowest BCUT2D eigenvalue weighted by Crippen LogP contribution is -2.26. The van der Waals surface area contributed by atoms with E-state index in [0.29, 0.717) is 32.6 Å². The maximum Gasteiger partial charge on any atom is 0.267 e. The number of thioether (sulfide) groups is 1. The number of aromatic nitrogens is 3. The van der Waals surface area contributed by atoms with Crippen LogP contribution in [0.4, 0.5) is 5.69 Å². The van der Waals surface area contributed by atoms with Gasteiger partial charge in [-0.15, -0.1) is 0 Å². The van der Waals surface area contributed by atoms with Crippen LogP contribution >= 0.6 is 23.4 Å². The van der Waals surface area contributed by atoms with Crippen LogP contribution in [0.2, 0.25) is 5.02 Å². The van der Waals surface area contributed by atoms with Crippen molar-refractivity contribution in [3.05, 3.63) is 87.8 Å². The van der Waals surface area contributed by atoms with Crippen LogP contribution in [0.15, 0.2) is 76.8 Å². The number of nitrogens with one attached hydrogen (secondary N) is 1. The lowest BCUT2D eigenvalue weighted by atomic mass is 10.2. The minimum atomic E-state index is -0.524. The largest absolute Gasteiger partial charge is 0.325 e. The van der Waals surface area contributed by atoms with Gasteiger partial charge in [0.05, 0.1) is 16.2 Å². The van der Waals surface area contributed by atoms with E-state index in [2.05, 4.69) is 15.3 Å². The van der Waals surface area contributed by atoms with Crippen molar-refractivity contribution in [3.8, 4) is 5.82 Å². The molecule has 0 saturated heterocycles. The van der Waals surface area contributed by atoms with Crippen LogP contribution in [0.1, 0.15) is 12.5 Å². The summed E-state index contributed by atoms with van der Waals surface area (Å²) in [5.74, 6) is 0.233. The Labute approximate surface area is 188 Å². The molecule has 1 amide bonds. The summed E-state index contributed by atoms with van der Waals surface area (Å²) in [6, 6.07) is 17.7. The molecule has 0 aliphatic rings. The molecule has 1 unspecified atom stereocenters. The molecular weight excluding hydrogens is 432 g/mol. The molecule has 0 saturated carbocycles. The van der Waals surface area contributed by atoms with E-state index in [1.165, 1.54) is 16.3 Å². The first kappa shape index (κ1) is 21.1. The molecule has 0 bridgehead atoms. The van der Waals surface area contributed by atoms with Crippen molar-refractivity contribution in [1.29, 1.82) is 0 Å². The lowest BCUT2D eigenvalue weighted by molar-refractivity contribution is -0.115. The Morgan fingerprint density at radius 3 is 2.68 bits per heavy atom. The highest BCUT2D eigenvalue weighted by Crippen LogP contribution is 2.26. The minimum Gasteiger partial charge on any atom is -0.325 e. The summed E-state index contributed by atoms with van der Waals surface area (Å²) in [5.41, 5.74) is 1.93. The van der Waals surface area contributed by atoms with Gasteiger partial charge >= 0.3 is 0 Å². The van der Waals surface area contributed by atoms with E-state index in [4.69, 9.17) is 11.6 Å². The van der Waals surface area contributed by atoms with Gasteiger partial charge in [0.15, 0.2) is 5.16 Å². The SMILES string of the molecule is Cc1ccc(-n2c(SC(C)C(=O)Nc3cccc(Cl)c3)nc3ccccc3c2=O)nc1. The van der Waals surface area contributed by atoms with Crippen LogP contribution in [-0.2, 0) is 4.79 Å². The number of aryl methyl sites for hydroxylation is 1. The molecule has 1 atom stereocenters. The monoisotopic (exact) mass is 450 g/mol. The van der Waals surface area contributed by atoms with Crippen LogP contribution in [0, 0.1) is 6.92 Å². The zero-order valence-corrected chi connectivity index (χ0v) is 18.4. The molecule has 31 heavy (non-hydrogen) atoms. The zero-order chi connectivity index (χ0) is 22.0. The van der Waals surface area contributed by atoms with Gasteiger partial charge in [-0.25, -0.2) is 14.5 Å². The Balaban J connectivity index is 1.72. The number of hydrogen-bond acceptors (Lipinski definition) is 5. The van der Waals surface area contributed by atoms with Crippen molar-refractivity contribution in [3.63, 3.8) is 0 Å². The van der Waals surface area contributed by atoms with Gasteiger partial charge in [-0.3, -0.25) is 9.59 Å². The molecule has 156 valence electrons. The van der Waals surface area contributed by atoms with E-state index in [1.54, 1.807) is 61.7 Å². The fraction of sp³-hybridized carbons (Fsp3) is 0.130. The van der Waals surface area contributed by atoms with Crippen LogP contribution in [0.3, 0.4) is 0 Å². The number of carbonyl (C=O) groups excluding carboxylic acids is 1. The zero-order valence-electron chi connectivity index (χ0n) is 16.9. The smallest absolute Gasteiger partial charge is 0.267 e. The minimum absolute atomic E-state index is 0.224. The summed E-state index contributed by atoms with van der Waals surface area (Å²) in [6.45, 7) is 3.69. The summed E-state index contributed by atoms with van der Waals surface area (Å²) in [4.78, 5) is 35.1. The molecule has 2 heterocycles. The van der Waals surface area contributed by atoms with E-state index in [-0.39, 0.29) is 11.5 Å². The lowest BCUT2D eigenvalue weighted by Gasteiger charge is -2.16. The number of pyridine rings is 1. The number of carbonyl (C=O) groups is 1. The second-order valence-corrected chi connectivity index (χ2v) is 8.75. The second kappa shape index (κ2) is 8.91. The molecule has 6 nitrogen and oxygen atoms in total. The molecule has 1 N–H and O–H groups in total. The van der Waals surface area contributed by atoms with Crippen LogP contribution in [-0.4, -0.2) is 25.7 Å². The maximum absolute atomic E-state index is 13.3. The fourth-order valence-corrected chi connectivity index (χ4v) is 4.11. The first-order valence-corrected chi connectivity index (χ1v) is 10.9. The first-order valence-electron chi connectivity index (χ1n) is 9.60. The predicted molar refractivity (Wildman–Crippen MR) is 125 cm³/mol.